The van der Waals surface area contributed by atoms with E-state index < -0.39 is 17.6 Å². The Morgan fingerprint density at radius 2 is 1.91 bits per heavy atom. The van der Waals surface area contributed by atoms with Crippen LogP contribution in [0.5, 0.6) is 0 Å². The molecule has 0 spiro atoms. The molecule has 6 nitrogen and oxygen atoms in total. The van der Waals surface area contributed by atoms with E-state index in [2.05, 4.69) is 0 Å². The summed E-state index contributed by atoms with van der Waals surface area (Å²) in [5.74, 6) is -1.78. The van der Waals surface area contributed by atoms with E-state index in [0.717, 1.165) is 0 Å². The van der Waals surface area contributed by atoms with Crippen LogP contribution in [0.4, 0.5) is 0 Å². The molecule has 1 aromatic heterocycles. The number of ether oxygens (including phenoxy) is 1. The van der Waals surface area contributed by atoms with Crippen LogP contribution in [0.25, 0.3) is 21.7 Å². The van der Waals surface area contributed by atoms with Crippen molar-refractivity contribution in [3.05, 3.63) is 57.9 Å². The van der Waals surface area contributed by atoms with E-state index in [1.54, 1.807) is 25.1 Å². The maximum absolute atomic E-state index is 11.9. The molecule has 0 saturated heterocycles. The van der Waals surface area contributed by atoms with Crippen molar-refractivity contribution in [3.8, 4) is 0 Å². The molecule has 0 aliphatic rings. The second-order valence-corrected chi connectivity index (χ2v) is 4.89. The van der Waals surface area contributed by atoms with Crippen molar-refractivity contribution in [2.24, 2.45) is 0 Å². The number of carbonyl (C=O) groups is 2. The third kappa shape index (κ3) is 2.55. The third-order valence-electron chi connectivity index (χ3n) is 3.48. The number of carboxylic acid groups (broad SMARTS) is 1. The van der Waals surface area contributed by atoms with Gasteiger partial charge in [0.05, 0.1) is 12.2 Å². The predicted octanol–water partition coefficient (Wildman–Crippen LogP) is 2.82. The first kappa shape index (κ1) is 14.8. The number of esters is 1. The monoisotopic (exact) mass is 312 g/mol. The first-order valence-electron chi connectivity index (χ1n) is 6.92. The molecule has 0 aliphatic heterocycles. The Hall–Kier alpha value is -3.15. The Morgan fingerprint density at radius 1 is 1.13 bits per heavy atom. The van der Waals surface area contributed by atoms with Crippen molar-refractivity contribution in [3.63, 3.8) is 0 Å². The normalized spacial score (nSPS) is 10.8. The maximum Gasteiger partial charge on any atom is 0.351 e. The molecule has 0 bridgehead atoms. The molecular weight excluding hydrogens is 300 g/mol. The van der Waals surface area contributed by atoms with Gasteiger partial charge >= 0.3 is 17.6 Å². The lowest BCUT2D eigenvalue weighted by molar-refractivity contribution is 0.0521. The SMILES string of the molecule is CCOC(=O)c1cc2c(ccc3cc(C(=O)O)ccc32)oc1=O. The van der Waals surface area contributed by atoms with Crippen molar-refractivity contribution < 1.29 is 23.8 Å². The van der Waals surface area contributed by atoms with Crippen molar-refractivity contribution in [1.82, 2.24) is 0 Å². The number of fused-ring (bicyclic) bond motifs is 3. The van der Waals surface area contributed by atoms with E-state index in [1.165, 1.54) is 18.2 Å². The van der Waals surface area contributed by atoms with Crippen LogP contribution in [0, 0.1) is 0 Å². The molecule has 0 radical (unpaired) electrons. The molecule has 0 saturated carbocycles. The number of hydrogen-bond donors (Lipinski definition) is 1. The highest BCUT2D eigenvalue weighted by Crippen LogP contribution is 2.26. The Morgan fingerprint density at radius 3 is 2.61 bits per heavy atom. The highest BCUT2D eigenvalue weighted by molar-refractivity contribution is 6.08. The van der Waals surface area contributed by atoms with Gasteiger partial charge in [-0.3, -0.25) is 0 Å². The standard InChI is InChI=1S/C17H12O6/c1-2-22-16(20)13-8-12-11-5-3-10(15(18)19)7-9(11)4-6-14(12)23-17(13)21/h3-8H,2H2,1H3,(H,18,19). The Bertz CT molecular complexity index is 999. The van der Waals surface area contributed by atoms with Gasteiger partial charge in [0.25, 0.3) is 0 Å². The molecular formula is C17H12O6. The Labute approximate surface area is 129 Å². The number of rotatable bonds is 3. The fraction of sp³-hybridized carbons (Fsp3) is 0.118. The lowest BCUT2D eigenvalue weighted by Gasteiger charge is -2.06. The lowest BCUT2D eigenvalue weighted by Crippen LogP contribution is -2.16. The van der Waals surface area contributed by atoms with Crippen molar-refractivity contribution in [1.29, 1.82) is 0 Å². The zero-order valence-electron chi connectivity index (χ0n) is 12.2. The highest BCUT2D eigenvalue weighted by atomic mass is 16.5. The van der Waals surface area contributed by atoms with Crippen molar-refractivity contribution in [2.75, 3.05) is 6.61 Å². The minimum Gasteiger partial charge on any atom is -0.478 e. The molecule has 1 heterocycles. The molecule has 0 atom stereocenters. The van der Waals surface area contributed by atoms with E-state index in [-0.39, 0.29) is 17.7 Å². The quantitative estimate of drug-likeness (QED) is 0.454. The van der Waals surface area contributed by atoms with Gasteiger partial charge in [-0.15, -0.1) is 0 Å². The number of carboxylic acids is 1. The second kappa shape index (κ2) is 5.57. The minimum absolute atomic E-state index is 0.147. The molecule has 0 amide bonds. The summed E-state index contributed by atoms with van der Waals surface area (Å²) in [6.45, 7) is 1.79. The van der Waals surface area contributed by atoms with Crippen LogP contribution in [-0.4, -0.2) is 23.7 Å². The number of aromatic carboxylic acids is 1. The number of benzene rings is 2. The molecule has 0 fully saturated rings. The van der Waals surface area contributed by atoms with Gasteiger partial charge in [0.2, 0.25) is 0 Å². The molecule has 6 heteroatoms. The fourth-order valence-corrected chi connectivity index (χ4v) is 2.41. The van der Waals surface area contributed by atoms with E-state index in [4.69, 9.17) is 14.3 Å². The van der Waals surface area contributed by atoms with Crippen LogP contribution in [0.15, 0.2) is 45.6 Å². The van der Waals surface area contributed by atoms with Gasteiger partial charge in [-0.25, -0.2) is 14.4 Å². The Kier molecular flexibility index (Phi) is 3.57. The van der Waals surface area contributed by atoms with Gasteiger partial charge in [0.15, 0.2) is 0 Å². The summed E-state index contributed by atoms with van der Waals surface area (Å²) in [5, 5.41) is 10.9. The van der Waals surface area contributed by atoms with Gasteiger partial charge in [-0.2, -0.15) is 0 Å². The summed E-state index contributed by atoms with van der Waals surface area (Å²) in [6.07, 6.45) is 0. The maximum atomic E-state index is 11.9. The summed E-state index contributed by atoms with van der Waals surface area (Å²) in [4.78, 5) is 34.8. The van der Waals surface area contributed by atoms with Gasteiger partial charge in [-0.1, -0.05) is 12.1 Å². The predicted molar refractivity (Wildman–Crippen MR) is 82.9 cm³/mol. The van der Waals surface area contributed by atoms with Gasteiger partial charge in [0.1, 0.15) is 11.1 Å². The van der Waals surface area contributed by atoms with E-state index in [9.17, 15) is 14.4 Å². The van der Waals surface area contributed by atoms with Crippen LogP contribution >= 0.6 is 0 Å². The molecule has 23 heavy (non-hydrogen) atoms. The minimum atomic E-state index is -1.03. The molecule has 1 N–H and O–H groups in total. The number of carbonyl (C=O) groups excluding carboxylic acids is 1. The van der Waals surface area contributed by atoms with Gasteiger partial charge in [-0.05, 0) is 42.0 Å². The average Bonchev–Trinajstić information content (AvgIpc) is 2.53. The molecule has 2 aromatic carbocycles. The van der Waals surface area contributed by atoms with Crippen LogP contribution in [0.1, 0.15) is 27.6 Å². The van der Waals surface area contributed by atoms with Crippen molar-refractivity contribution in [2.45, 2.75) is 6.92 Å². The van der Waals surface area contributed by atoms with Crippen LogP contribution in [0.3, 0.4) is 0 Å². The summed E-state index contributed by atoms with van der Waals surface area (Å²) < 4.78 is 10.0. The molecule has 3 rings (SSSR count). The third-order valence-corrected chi connectivity index (χ3v) is 3.48. The highest BCUT2D eigenvalue weighted by Gasteiger charge is 2.16. The summed E-state index contributed by atoms with van der Waals surface area (Å²) in [5.41, 5.74) is -0.481. The Balaban J connectivity index is 2.30. The topological polar surface area (TPSA) is 93.8 Å². The molecule has 3 aromatic rings. The second-order valence-electron chi connectivity index (χ2n) is 4.89. The van der Waals surface area contributed by atoms with Crippen LogP contribution < -0.4 is 5.63 Å². The van der Waals surface area contributed by atoms with E-state index >= 15 is 0 Å². The zero-order valence-corrected chi connectivity index (χ0v) is 12.2. The lowest BCUT2D eigenvalue weighted by atomic mass is 10.0. The first-order chi connectivity index (χ1) is 11.0. The van der Waals surface area contributed by atoms with Gasteiger partial charge in [0, 0.05) is 5.39 Å². The van der Waals surface area contributed by atoms with E-state index in [0.29, 0.717) is 21.7 Å². The molecule has 0 unspecified atom stereocenters. The van der Waals surface area contributed by atoms with Crippen molar-refractivity contribution >= 4 is 33.7 Å². The van der Waals surface area contributed by atoms with Gasteiger partial charge < -0.3 is 14.3 Å². The largest absolute Gasteiger partial charge is 0.478 e. The summed E-state index contributed by atoms with van der Waals surface area (Å²) in [7, 11) is 0. The molecule has 0 aliphatic carbocycles. The zero-order chi connectivity index (χ0) is 16.6. The summed E-state index contributed by atoms with van der Waals surface area (Å²) >= 11 is 0. The van der Waals surface area contributed by atoms with Crippen LogP contribution in [0.2, 0.25) is 0 Å². The average molecular weight is 312 g/mol. The number of hydrogen-bond acceptors (Lipinski definition) is 5. The molecule has 116 valence electrons. The summed E-state index contributed by atoms with van der Waals surface area (Å²) in [6, 6.07) is 9.25. The van der Waals surface area contributed by atoms with Crippen LogP contribution in [-0.2, 0) is 4.74 Å². The first-order valence-corrected chi connectivity index (χ1v) is 6.92. The fourth-order valence-electron chi connectivity index (χ4n) is 2.41. The smallest absolute Gasteiger partial charge is 0.351 e. The van der Waals surface area contributed by atoms with E-state index in [1.807, 2.05) is 0 Å².